The molecule has 2 saturated carbocycles. The molecule has 1 N–H and O–H groups in total. The molecule has 2 aliphatic carbocycles. The number of ether oxygens (including phenoxy) is 1. The molecular weight excluding hydrogens is 360 g/mol. The molecular formula is C25H38N2O2. The van der Waals surface area contributed by atoms with Gasteiger partial charge in [-0.2, -0.15) is 0 Å². The molecule has 0 bridgehead atoms. The number of fused-ring (bicyclic) bond motifs is 1. The topological polar surface area (TPSA) is 51.2 Å². The van der Waals surface area contributed by atoms with Crippen LogP contribution in [0.15, 0.2) is 6.20 Å². The Morgan fingerprint density at radius 3 is 2.24 bits per heavy atom. The second-order valence-electron chi connectivity index (χ2n) is 9.48. The molecule has 2 heterocycles. The van der Waals surface area contributed by atoms with Crippen LogP contribution in [-0.4, -0.2) is 17.5 Å². The van der Waals surface area contributed by atoms with Crippen LogP contribution in [0, 0.1) is 11.8 Å². The number of pyridine rings is 1. The summed E-state index contributed by atoms with van der Waals surface area (Å²) in [6.07, 6.45) is 21.6. The first kappa shape index (κ1) is 20.7. The highest BCUT2D eigenvalue weighted by atomic mass is 16.5. The van der Waals surface area contributed by atoms with Gasteiger partial charge >= 0.3 is 0 Å². The molecule has 160 valence electrons. The van der Waals surface area contributed by atoms with Crippen molar-refractivity contribution in [2.45, 2.75) is 103 Å². The summed E-state index contributed by atoms with van der Waals surface area (Å²) in [6, 6.07) is 0. The molecule has 2 fully saturated rings. The van der Waals surface area contributed by atoms with E-state index in [4.69, 9.17) is 4.74 Å². The summed E-state index contributed by atoms with van der Waals surface area (Å²) in [6.45, 7) is 0.722. The number of nitrogens with zero attached hydrogens (tertiary/aromatic N) is 1. The van der Waals surface area contributed by atoms with Crippen LogP contribution in [0.25, 0.3) is 0 Å². The van der Waals surface area contributed by atoms with E-state index >= 15 is 0 Å². The van der Waals surface area contributed by atoms with Crippen LogP contribution < -0.4 is 10.1 Å². The second-order valence-corrected chi connectivity index (χ2v) is 9.48. The van der Waals surface area contributed by atoms with Crippen molar-refractivity contribution in [1.29, 1.82) is 0 Å². The molecule has 1 aromatic rings. The van der Waals surface area contributed by atoms with Gasteiger partial charge in [0.05, 0.1) is 18.5 Å². The molecule has 0 atom stereocenters. The van der Waals surface area contributed by atoms with Crippen molar-refractivity contribution >= 4 is 11.6 Å². The minimum Gasteiger partial charge on any atom is -0.477 e. The quantitative estimate of drug-likeness (QED) is 0.613. The normalized spacial score (nSPS) is 21.9. The van der Waals surface area contributed by atoms with E-state index in [-0.39, 0.29) is 11.8 Å². The molecule has 1 aliphatic heterocycles. The minimum absolute atomic E-state index is 0.156. The van der Waals surface area contributed by atoms with Gasteiger partial charge in [0.2, 0.25) is 11.8 Å². The van der Waals surface area contributed by atoms with Crippen molar-refractivity contribution in [3.63, 3.8) is 0 Å². The van der Waals surface area contributed by atoms with E-state index < -0.39 is 0 Å². The van der Waals surface area contributed by atoms with Gasteiger partial charge in [0, 0.05) is 17.9 Å². The number of hydrogen-bond acceptors (Lipinski definition) is 3. The van der Waals surface area contributed by atoms with Crippen molar-refractivity contribution in [2.24, 2.45) is 11.8 Å². The molecule has 0 unspecified atom stereocenters. The second kappa shape index (κ2) is 10.4. The molecule has 0 aromatic carbocycles. The van der Waals surface area contributed by atoms with Gasteiger partial charge in [-0.15, -0.1) is 0 Å². The Balaban J connectivity index is 1.50. The van der Waals surface area contributed by atoms with E-state index in [1.54, 1.807) is 0 Å². The van der Waals surface area contributed by atoms with Crippen LogP contribution >= 0.6 is 0 Å². The molecule has 4 heteroatoms. The Morgan fingerprint density at radius 2 is 1.55 bits per heavy atom. The lowest BCUT2D eigenvalue weighted by Crippen LogP contribution is -2.24. The van der Waals surface area contributed by atoms with Crippen molar-refractivity contribution in [3.8, 4) is 5.88 Å². The number of aromatic nitrogens is 1. The fraction of sp³-hybridized carbons (Fsp3) is 0.760. The first-order valence-corrected chi connectivity index (χ1v) is 12.3. The Morgan fingerprint density at radius 1 is 0.931 bits per heavy atom. The zero-order valence-electron chi connectivity index (χ0n) is 18.0. The van der Waals surface area contributed by atoms with E-state index in [1.165, 1.54) is 88.2 Å². The predicted octanol–water partition coefficient (Wildman–Crippen LogP) is 6.22. The smallest absolute Gasteiger partial charge is 0.227 e. The van der Waals surface area contributed by atoms with E-state index in [2.05, 4.69) is 10.3 Å². The molecule has 0 radical (unpaired) electrons. The lowest BCUT2D eigenvalue weighted by Gasteiger charge is -2.21. The highest BCUT2D eigenvalue weighted by Gasteiger charge is 2.26. The molecule has 0 saturated heterocycles. The lowest BCUT2D eigenvalue weighted by molar-refractivity contribution is -0.120. The summed E-state index contributed by atoms with van der Waals surface area (Å²) in [5.41, 5.74) is 3.53. The summed E-state index contributed by atoms with van der Waals surface area (Å²) >= 11 is 0. The maximum atomic E-state index is 13.2. The largest absolute Gasteiger partial charge is 0.477 e. The summed E-state index contributed by atoms with van der Waals surface area (Å²) in [5, 5.41) is 3.33. The van der Waals surface area contributed by atoms with Gasteiger partial charge in [-0.25, -0.2) is 4.98 Å². The number of rotatable bonds is 4. The average Bonchev–Trinajstić information content (AvgIpc) is 3.12. The SMILES string of the molecule is O=C(Nc1cnc2c(c1CC1CCCCCC1)CCO2)C1CCCCCCCC1. The summed E-state index contributed by atoms with van der Waals surface area (Å²) < 4.78 is 5.75. The molecule has 4 nitrogen and oxygen atoms in total. The Bertz CT molecular complexity index is 670. The van der Waals surface area contributed by atoms with Gasteiger partial charge in [0.25, 0.3) is 0 Å². The zero-order chi connectivity index (χ0) is 19.9. The first-order valence-electron chi connectivity index (χ1n) is 12.3. The molecule has 4 rings (SSSR count). The van der Waals surface area contributed by atoms with Crippen LogP contribution in [0.1, 0.15) is 101 Å². The monoisotopic (exact) mass is 398 g/mol. The van der Waals surface area contributed by atoms with Gasteiger partial charge in [-0.3, -0.25) is 4.79 Å². The number of anilines is 1. The van der Waals surface area contributed by atoms with Crippen molar-refractivity contribution < 1.29 is 9.53 Å². The predicted molar refractivity (Wildman–Crippen MR) is 117 cm³/mol. The number of carbonyl (C=O) groups is 1. The van der Waals surface area contributed by atoms with Crippen LogP contribution in [0.2, 0.25) is 0 Å². The van der Waals surface area contributed by atoms with Crippen molar-refractivity contribution in [3.05, 3.63) is 17.3 Å². The highest BCUT2D eigenvalue weighted by molar-refractivity contribution is 5.93. The van der Waals surface area contributed by atoms with Crippen molar-refractivity contribution in [2.75, 3.05) is 11.9 Å². The van der Waals surface area contributed by atoms with E-state index in [1.807, 2.05) is 6.20 Å². The molecule has 0 spiro atoms. The van der Waals surface area contributed by atoms with Gasteiger partial charge in [0.1, 0.15) is 0 Å². The third kappa shape index (κ3) is 5.52. The summed E-state index contributed by atoms with van der Waals surface area (Å²) in [5.74, 6) is 1.90. The number of carbonyl (C=O) groups excluding carboxylic acids is 1. The van der Waals surface area contributed by atoms with Crippen LogP contribution in [0.5, 0.6) is 5.88 Å². The summed E-state index contributed by atoms with van der Waals surface area (Å²) in [4.78, 5) is 17.7. The first-order chi connectivity index (χ1) is 14.3. The lowest BCUT2D eigenvalue weighted by atomic mass is 9.89. The summed E-state index contributed by atoms with van der Waals surface area (Å²) in [7, 11) is 0. The van der Waals surface area contributed by atoms with Crippen LogP contribution in [-0.2, 0) is 17.6 Å². The van der Waals surface area contributed by atoms with E-state index in [0.717, 1.165) is 49.8 Å². The maximum Gasteiger partial charge on any atom is 0.227 e. The molecule has 29 heavy (non-hydrogen) atoms. The van der Waals surface area contributed by atoms with E-state index in [9.17, 15) is 4.79 Å². The van der Waals surface area contributed by atoms with Gasteiger partial charge < -0.3 is 10.1 Å². The maximum absolute atomic E-state index is 13.2. The number of amides is 1. The standard InChI is InChI=1S/C25H38N2O2/c28-24(20-13-9-3-1-2-4-10-14-20)27-23-18-26-25-21(15-16-29-25)22(23)17-19-11-7-5-6-8-12-19/h18-20H,1-17H2,(H,27,28). The van der Waals surface area contributed by atoms with E-state index in [0.29, 0.717) is 0 Å². The van der Waals surface area contributed by atoms with Crippen molar-refractivity contribution in [1.82, 2.24) is 4.98 Å². The molecule has 3 aliphatic rings. The fourth-order valence-corrected chi connectivity index (χ4v) is 5.53. The van der Waals surface area contributed by atoms with Gasteiger partial charge in [-0.05, 0) is 30.7 Å². The number of hydrogen-bond donors (Lipinski definition) is 1. The Labute approximate surface area is 176 Å². The van der Waals surface area contributed by atoms with Crippen LogP contribution in [0.4, 0.5) is 5.69 Å². The number of nitrogens with one attached hydrogen (secondary N) is 1. The van der Waals surface area contributed by atoms with Gasteiger partial charge in [0.15, 0.2) is 0 Å². The van der Waals surface area contributed by atoms with Crippen LogP contribution in [0.3, 0.4) is 0 Å². The highest BCUT2D eigenvalue weighted by Crippen LogP contribution is 2.36. The third-order valence-electron chi connectivity index (χ3n) is 7.30. The Kier molecular flexibility index (Phi) is 7.45. The molecule has 1 amide bonds. The van der Waals surface area contributed by atoms with Gasteiger partial charge in [-0.1, -0.05) is 77.0 Å². The molecule has 1 aromatic heterocycles. The fourth-order valence-electron chi connectivity index (χ4n) is 5.53. The zero-order valence-corrected chi connectivity index (χ0v) is 18.0. The Hall–Kier alpha value is -1.58. The third-order valence-corrected chi connectivity index (χ3v) is 7.30. The minimum atomic E-state index is 0.156. The average molecular weight is 399 g/mol.